The van der Waals surface area contributed by atoms with Gasteiger partial charge >= 0.3 is 0 Å². The monoisotopic (exact) mass is 288 g/mol. The number of rotatable bonds is 7. The van der Waals surface area contributed by atoms with E-state index in [0.29, 0.717) is 21.5 Å². The van der Waals surface area contributed by atoms with Crippen molar-refractivity contribution in [3.63, 3.8) is 0 Å². The van der Waals surface area contributed by atoms with Crippen LogP contribution in [0.25, 0.3) is 0 Å². The molecule has 2 unspecified atom stereocenters. The van der Waals surface area contributed by atoms with Gasteiger partial charge in [-0.1, -0.05) is 68.8 Å². The van der Waals surface area contributed by atoms with E-state index in [9.17, 15) is 5.11 Å². The molecule has 0 heterocycles. The third-order valence-electron chi connectivity index (χ3n) is 3.43. The largest absolute Gasteiger partial charge is 0.388 e. The summed E-state index contributed by atoms with van der Waals surface area (Å²) < 4.78 is 0. The summed E-state index contributed by atoms with van der Waals surface area (Å²) >= 11 is 12.2. The van der Waals surface area contributed by atoms with Gasteiger partial charge < -0.3 is 5.11 Å². The highest BCUT2D eigenvalue weighted by molar-refractivity contribution is 6.36. The van der Waals surface area contributed by atoms with Crippen LogP contribution in [0.3, 0.4) is 0 Å². The SMILES string of the molecule is CCCCC(CC)CC(O)c1c(Cl)cccc1Cl. The molecule has 1 nitrogen and oxygen atoms in total. The van der Waals surface area contributed by atoms with Gasteiger partial charge in [-0.15, -0.1) is 0 Å². The third-order valence-corrected chi connectivity index (χ3v) is 4.09. The van der Waals surface area contributed by atoms with Gasteiger partial charge in [0.1, 0.15) is 0 Å². The Labute approximate surface area is 120 Å². The summed E-state index contributed by atoms with van der Waals surface area (Å²) in [5, 5.41) is 11.4. The quantitative estimate of drug-likeness (QED) is 0.689. The smallest absolute Gasteiger partial charge is 0.0821 e. The minimum atomic E-state index is -0.562. The normalized spacial score (nSPS) is 14.5. The molecule has 102 valence electrons. The van der Waals surface area contributed by atoms with Gasteiger partial charge in [-0.25, -0.2) is 0 Å². The average Bonchev–Trinajstić information content (AvgIpc) is 2.34. The molecule has 1 N–H and O–H groups in total. The van der Waals surface area contributed by atoms with Gasteiger partial charge in [0.15, 0.2) is 0 Å². The first kappa shape index (κ1) is 15.8. The highest BCUT2D eigenvalue weighted by Crippen LogP contribution is 2.35. The Balaban J connectivity index is 2.71. The Kier molecular flexibility index (Phi) is 7.06. The van der Waals surface area contributed by atoms with Crippen LogP contribution >= 0.6 is 23.2 Å². The van der Waals surface area contributed by atoms with Crippen LogP contribution in [-0.4, -0.2) is 5.11 Å². The van der Waals surface area contributed by atoms with Crippen LogP contribution < -0.4 is 0 Å². The zero-order valence-corrected chi connectivity index (χ0v) is 12.6. The highest BCUT2D eigenvalue weighted by atomic mass is 35.5. The maximum atomic E-state index is 10.3. The summed E-state index contributed by atoms with van der Waals surface area (Å²) in [5.74, 6) is 0.535. The first-order valence-electron chi connectivity index (χ1n) is 6.72. The molecule has 0 saturated carbocycles. The Morgan fingerprint density at radius 2 is 1.78 bits per heavy atom. The van der Waals surface area contributed by atoms with Crippen molar-refractivity contribution in [1.82, 2.24) is 0 Å². The van der Waals surface area contributed by atoms with E-state index in [1.165, 1.54) is 12.8 Å². The van der Waals surface area contributed by atoms with E-state index in [4.69, 9.17) is 23.2 Å². The van der Waals surface area contributed by atoms with Gasteiger partial charge in [0.25, 0.3) is 0 Å². The Bertz CT molecular complexity index is 345. The van der Waals surface area contributed by atoms with E-state index in [2.05, 4.69) is 13.8 Å². The molecular weight excluding hydrogens is 267 g/mol. The molecule has 0 spiro atoms. The summed E-state index contributed by atoms with van der Waals surface area (Å²) in [7, 11) is 0. The lowest BCUT2D eigenvalue weighted by Crippen LogP contribution is -2.08. The van der Waals surface area contributed by atoms with Crippen LogP contribution in [0.5, 0.6) is 0 Å². The second-order valence-electron chi connectivity index (χ2n) is 4.80. The molecule has 0 aliphatic carbocycles. The lowest BCUT2D eigenvalue weighted by molar-refractivity contribution is 0.139. The van der Waals surface area contributed by atoms with E-state index < -0.39 is 6.10 Å². The maximum Gasteiger partial charge on any atom is 0.0821 e. The van der Waals surface area contributed by atoms with Crippen LogP contribution in [-0.2, 0) is 0 Å². The number of aliphatic hydroxyl groups is 1. The standard InChI is InChI=1S/C15H22Cl2O/c1-3-5-7-11(4-2)10-14(18)15-12(16)8-6-9-13(15)17/h6,8-9,11,14,18H,3-5,7,10H2,1-2H3. The lowest BCUT2D eigenvalue weighted by Gasteiger charge is -2.20. The Morgan fingerprint density at radius 1 is 1.17 bits per heavy atom. The molecule has 0 bridgehead atoms. The van der Waals surface area contributed by atoms with E-state index in [1.54, 1.807) is 18.2 Å². The van der Waals surface area contributed by atoms with E-state index in [1.807, 2.05) is 0 Å². The van der Waals surface area contributed by atoms with Gasteiger partial charge in [-0.3, -0.25) is 0 Å². The van der Waals surface area contributed by atoms with Gasteiger partial charge in [0, 0.05) is 15.6 Å². The molecular formula is C15H22Cl2O. The molecule has 3 heteroatoms. The van der Waals surface area contributed by atoms with Crippen LogP contribution in [0.4, 0.5) is 0 Å². The number of benzene rings is 1. The fourth-order valence-corrected chi connectivity index (χ4v) is 2.89. The van der Waals surface area contributed by atoms with E-state index >= 15 is 0 Å². The summed E-state index contributed by atoms with van der Waals surface area (Å²) in [6.07, 6.45) is 4.82. The number of hydrogen-bond acceptors (Lipinski definition) is 1. The van der Waals surface area contributed by atoms with E-state index in [0.717, 1.165) is 19.3 Å². The molecule has 0 aromatic heterocycles. The molecule has 2 atom stereocenters. The molecule has 1 aromatic carbocycles. The predicted molar refractivity (Wildman–Crippen MR) is 79.3 cm³/mol. The topological polar surface area (TPSA) is 20.2 Å². The highest BCUT2D eigenvalue weighted by Gasteiger charge is 2.19. The van der Waals surface area contributed by atoms with Crippen LogP contribution in [0.2, 0.25) is 10.0 Å². The van der Waals surface area contributed by atoms with Crippen LogP contribution in [0.15, 0.2) is 18.2 Å². The Morgan fingerprint density at radius 3 is 2.28 bits per heavy atom. The van der Waals surface area contributed by atoms with Crippen molar-refractivity contribution in [3.05, 3.63) is 33.8 Å². The predicted octanol–water partition coefficient (Wildman–Crippen LogP) is 5.63. The lowest BCUT2D eigenvalue weighted by atomic mass is 9.90. The van der Waals surface area contributed by atoms with Crippen molar-refractivity contribution in [3.8, 4) is 0 Å². The summed E-state index contributed by atoms with van der Waals surface area (Å²) in [5.41, 5.74) is 0.677. The van der Waals surface area contributed by atoms with Gasteiger partial charge in [-0.2, -0.15) is 0 Å². The minimum Gasteiger partial charge on any atom is -0.388 e. The van der Waals surface area contributed by atoms with Crippen molar-refractivity contribution in [2.45, 2.75) is 52.1 Å². The average molecular weight is 289 g/mol. The van der Waals surface area contributed by atoms with Gasteiger partial charge in [-0.05, 0) is 24.5 Å². The fourth-order valence-electron chi connectivity index (χ4n) is 2.24. The number of unbranched alkanes of at least 4 members (excludes halogenated alkanes) is 1. The zero-order valence-electron chi connectivity index (χ0n) is 11.1. The zero-order chi connectivity index (χ0) is 13.5. The maximum absolute atomic E-state index is 10.3. The van der Waals surface area contributed by atoms with Crippen LogP contribution in [0.1, 0.15) is 57.6 Å². The summed E-state index contributed by atoms with van der Waals surface area (Å²) in [6.45, 7) is 4.36. The molecule has 0 aliphatic heterocycles. The minimum absolute atomic E-state index is 0.535. The molecule has 0 aliphatic rings. The van der Waals surface area contributed by atoms with Crippen molar-refractivity contribution in [2.75, 3.05) is 0 Å². The fraction of sp³-hybridized carbons (Fsp3) is 0.600. The molecule has 1 rings (SSSR count). The second kappa shape index (κ2) is 8.04. The number of hydrogen-bond donors (Lipinski definition) is 1. The van der Waals surface area contributed by atoms with Gasteiger partial charge in [0.05, 0.1) is 6.10 Å². The molecule has 18 heavy (non-hydrogen) atoms. The van der Waals surface area contributed by atoms with Crippen molar-refractivity contribution in [1.29, 1.82) is 0 Å². The molecule has 0 fully saturated rings. The van der Waals surface area contributed by atoms with Crippen molar-refractivity contribution >= 4 is 23.2 Å². The third kappa shape index (κ3) is 4.46. The second-order valence-corrected chi connectivity index (χ2v) is 5.62. The van der Waals surface area contributed by atoms with E-state index in [-0.39, 0.29) is 0 Å². The van der Waals surface area contributed by atoms with Gasteiger partial charge in [0.2, 0.25) is 0 Å². The number of halogens is 2. The number of aliphatic hydroxyl groups excluding tert-OH is 1. The summed E-state index contributed by atoms with van der Waals surface area (Å²) in [6, 6.07) is 5.35. The first-order valence-corrected chi connectivity index (χ1v) is 7.47. The summed E-state index contributed by atoms with van der Waals surface area (Å²) in [4.78, 5) is 0. The van der Waals surface area contributed by atoms with Crippen molar-refractivity contribution in [2.24, 2.45) is 5.92 Å². The first-order chi connectivity index (χ1) is 8.60. The molecule has 1 aromatic rings. The molecule has 0 amide bonds. The Hall–Kier alpha value is -0.240. The molecule has 0 radical (unpaired) electrons. The molecule has 0 saturated heterocycles. The van der Waals surface area contributed by atoms with Crippen LogP contribution in [0, 0.1) is 5.92 Å². The van der Waals surface area contributed by atoms with Crippen molar-refractivity contribution < 1.29 is 5.11 Å².